The topological polar surface area (TPSA) is 91.0 Å². The van der Waals surface area contributed by atoms with Crippen LogP contribution in [0, 0.1) is 0 Å². The SMILES string of the molecule is CCOc1ccc(NC(=O)CN2C(=O)N(Cc3ccccc3)C(=O)C3NSC=C32)cc1. The van der Waals surface area contributed by atoms with E-state index in [-0.39, 0.29) is 24.9 Å². The monoisotopic (exact) mass is 438 g/mol. The molecule has 1 atom stereocenters. The maximum atomic E-state index is 13.1. The highest BCUT2D eigenvalue weighted by molar-refractivity contribution is 8.00. The van der Waals surface area contributed by atoms with Crippen molar-refractivity contribution >= 4 is 35.5 Å². The van der Waals surface area contributed by atoms with Gasteiger partial charge in [-0.1, -0.05) is 42.3 Å². The van der Waals surface area contributed by atoms with Crippen molar-refractivity contribution in [3.8, 4) is 5.75 Å². The molecule has 2 N–H and O–H groups in total. The van der Waals surface area contributed by atoms with E-state index in [0.29, 0.717) is 23.7 Å². The van der Waals surface area contributed by atoms with Crippen molar-refractivity contribution in [3.05, 3.63) is 71.3 Å². The number of fused-ring (bicyclic) bond motifs is 1. The number of carbonyl (C=O) groups is 3. The first-order valence-electron chi connectivity index (χ1n) is 9.87. The zero-order chi connectivity index (χ0) is 21.8. The summed E-state index contributed by atoms with van der Waals surface area (Å²) in [5.41, 5.74) is 1.92. The Bertz CT molecular complexity index is 1010. The van der Waals surface area contributed by atoms with Gasteiger partial charge in [0.1, 0.15) is 18.3 Å². The van der Waals surface area contributed by atoms with Crippen LogP contribution in [0.1, 0.15) is 12.5 Å². The van der Waals surface area contributed by atoms with Gasteiger partial charge in [-0.25, -0.2) is 9.52 Å². The molecule has 0 radical (unpaired) electrons. The number of nitrogens with zero attached hydrogens (tertiary/aromatic N) is 2. The van der Waals surface area contributed by atoms with Crippen molar-refractivity contribution in [1.82, 2.24) is 14.5 Å². The predicted molar refractivity (Wildman–Crippen MR) is 118 cm³/mol. The van der Waals surface area contributed by atoms with Crippen LogP contribution in [0.3, 0.4) is 0 Å². The van der Waals surface area contributed by atoms with Gasteiger partial charge in [-0.05, 0) is 36.8 Å². The first kappa shape index (κ1) is 21.0. The molecule has 9 heteroatoms. The van der Waals surface area contributed by atoms with E-state index in [4.69, 9.17) is 4.74 Å². The van der Waals surface area contributed by atoms with Crippen molar-refractivity contribution in [3.63, 3.8) is 0 Å². The zero-order valence-corrected chi connectivity index (χ0v) is 17.7. The molecule has 4 amide bonds. The molecule has 2 aromatic rings. The lowest BCUT2D eigenvalue weighted by atomic mass is 10.1. The molecule has 160 valence electrons. The minimum atomic E-state index is -0.662. The summed E-state index contributed by atoms with van der Waals surface area (Å²) < 4.78 is 8.41. The van der Waals surface area contributed by atoms with Crippen molar-refractivity contribution in [2.45, 2.75) is 19.5 Å². The average molecular weight is 439 g/mol. The Kier molecular flexibility index (Phi) is 6.24. The molecule has 4 rings (SSSR count). The molecule has 8 nitrogen and oxygen atoms in total. The highest BCUT2D eigenvalue weighted by Crippen LogP contribution is 2.30. The summed E-state index contributed by atoms with van der Waals surface area (Å²) in [6, 6.07) is 15.1. The van der Waals surface area contributed by atoms with Gasteiger partial charge in [0.15, 0.2) is 0 Å². The summed E-state index contributed by atoms with van der Waals surface area (Å²) in [5.74, 6) is 0.0279. The average Bonchev–Trinajstić information content (AvgIpc) is 3.27. The lowest BCUT2D eigenvalue weighted by Gasteiger charge is -2.37. The van der Waals surface area contributed by atoms with Gasteiger partial charge in [-0.2, -0.15) is 0 Å². The molecular formula is C22H22N4O4S. The summed E-state index contributed by atoms with van der Waals surface area (Å²) in [5, 5.41) is 4.49. The fourth-order valence-corrected chi connectivity index (χ4v) is 4.22. The summed E-state index contributed by atoms with van der Waals surface area (Å²) in [7, 11) is 0. The van der Waals surface area contributed by atoms with Crippen LogP contribution in [-0.4, -0.2) is 46.8 Å². The third kappa shape index (κ3) is 4.57. The number of nitrogens with one attached hydrogen (secondary N) is 2. The van der Waals surface area contributed by atoms with Crippen LogP contribution >= 0.6 is 11.9 Å². The number of imide groups is 1. The van der Waals surface area contributed by atoms with Crippen molar-refractivity contribution < 1.29 is 19.1 Å². The van der Waals surface area contributed by atoms with E-state index in [1.807, 2.05) is 37.3 Å². The lowest BCUT2D eigenvalue weighted by Crippen LogP contribution is -2.59. The molecule has 0 spiro atoms. The largest absolute Gasteiger partial charge is 0.494 e. The Morgan fingerprint density at radius 3 is 2.55 bits per heavy atom. The van der Waals surface area contributed by atoms with E-state index < -0.39 is 12.1 Å². The van der Waals surface area contributed by atoms with Gasteiger partial charge in [0, 0.05) is 11.1 Å². The van der Waals surface area contributed by atoms with Crippen LogP contribution < -0.4 is 14.8 Å². The van der Waals surface area contributed by atoms with Gasteiger partial charge >= 0.3 is 6.03 Å². The molecule has 0 saturated carbocycles. The van der Waals surface area contributed by atoms with Gasteiger partial charge in [-0.15, -0.1) is 0 Å². The number of hydrogen-bond acceptors (Lipinski definition) is 6. The Morgan fingerprint density at radius 2 is 1.84 bits per heavy atom. The summed E-state index contributed by atoms with van der Waals surface area (Å²) >= 11 is 1.24. The van der Waals surface area contributed by atoms with E-state index in [1.54, 1.807) is 29.7 Å². The minimum absolute atomic E-state index is 0.144. The van der Waals surface area contributed by atoms with Crippen LogP contribution in [0.25, 0.3) is 0 Å². The fourth-order valence-electron chi connectivity index (χ4n) is 3.41. The van der Waals surface area contributed by atoms with Crippen LogP contribution in [0.5, 0.6) is 5.75 Å². The highest BCUT2D eigenvalue weighted by atomic mass is 32.2. The minimum Gasteiger partial charge on any atom is -0.494 e. The van der Waals surface area contributed by atoms with E-state index in [1.165, 1.54) is 21.7 Å². The second kappa shape index (κ2) is 9.23. The van der Waals surface area contributed by atoms with Crippen LogP contribution in [0.4, 0.5) is 10.5 Å². The molecule has 1 saturated heterocycles. The van der Waals surface area contributed by atoms with Gasteiger partial charge in [0.25, 0.3) is 5.91 Å². The van der Waals surface area contributed by atoms with Crippen molar-refractivity contribution in [2.75, 3.05) is 18.5 Å². The lowest BCUT2D eigenvalue weighted by molar-refractivity contribution is -0.132. The van der Waals surface area contributed by atoms with E-state index in [2.05, 4.69) is 10.0 Å². The maximum absolute atomic E-state index is 13.1. The molecule has 2 heterocycles. The number of anilines is 1. The Labute approximate surface area is 184 Å². The quantitative estimate of drug-likeness (QED) is 0.646. The van der Waals surface area contributed by atoms with Crippen molar-refractivity contribution in [1.29, 1.82) is 0 Å². The molecule has 2 aromatic carbocycles. The molecule has 31 heavy (non-hydrogen) atoms. The first-order valence-corrected chi connectivity index (χ1v) is 10.8. The Morgan fingerprint density at radius 1 is 1.10 bits per heavy atom. The Balaban J connectivity index is 1.48. The Hall–Kier alpha value is -3.30. The normalized spacial score (nSPS) is 18.0. The number of hydrogen-bond donors (Lipinski definition) is 2. The zero-order valence-electron chi connectivity index (χ0n) is 16.9. The maximum Gasteiger partial charge on any atom is 0.331 e. The van der Waals surface area contributed by atoms with Gasteiger partial charge in [-0.3, -0.25) is 19.4 Å². The molecule has 2 aliphatic heterocycles. The molecule has 0 aromatic heterocycles. The van der Waals surface area contributed by atoms with Gasteiger partial charge in [0.05, 0.1) is 18.8 Å². The van der Waals surface area contributed by atoms with Crippen molar-refractivity contribution in [2.24, 2.45) is 0 Å². The molecule has 2 aliphatic rings. The number of benzene rings is 2. The summed E-state index contributed by atoms with van der Waals surface area (Å²) in [6.45, 7) is 2.40. The number of amides is 4. The molecule has 1 fully saturated rings. The first-order chi connectivity index (χ1) is 15.1. The third-order valence-corrected chi connectivity index (χ3v) is 5.61. The number of urea groups is 1. The number of carbonyl (C=O) groups excluding carboxylic acids is 3. The standard InChI is InChI=1S/C22H22N4O4S/c1-2-30-17-10-8-16(9-11-17)23-19(27)13-25-18-14-31-24-20(18)21(28)26(22(25)29)12-15-6-4-3-5-7-15/h3-11,14,20,24H,2,12-13H2,1H3,(H,23,27). The predicted octanol–water partition coefficient (Wildman–Crippen LogP) is 2.95. The van der Waals surface area contributed by atoms with E-state index in [0.717, 1.165) is 5.56 Å². The summed E-state index contributed by atoms with van der Waals surface area (Å²) in [4.78, 5) is 41.2. The third-order valence-electron chi connectivity index (χ3n) is 4.88. The highest BCUT2D eigenvalue weighted by Gasteiger charge is 2.45. The number of rotatable bonds is 7. The van der Waals surface area contributed by atoms with Crippen LogP contribution in [0.15, 0.2) is 65.7 Å². The fraction of sp³-hybridized carbons (Fsp3) is 0.227. The van der Waals surface area contributed by atoms with E-state index in [9.17, 15) is 14.4 Å². The smallest absolute Gasteiger partial charge is 0.331 e. The summed E-state index contributed by atoms with van der Waals surface area (Å²) in [6.07, 6.45) is 0. The van der Waals surface area contributed by atoms with Crippen LogP contribution in [-0.2, 0) is 16.1 Å². The second-order valence-corrected chi connectivity index (χ2v) is 7.70. The molecular weight excluding hydrogens is 416 g/mol. The number of ether oxygens (including phenoxy) is 1. The van der Waals surface area contributed by atoms with Gasteiger partial charge < -0.3 is 10.1 Å². The van der Waals surface area contributed by atoms with Gasteiger partial charge in [0.2, 0.25) is 5.91 Å². The van der Waals surface area contributed by atoms with E-state index >= 15 is 0 Å². The molecule has 0 aliphatic carbocycles. The molecule has 0 bridgehead atoms. The second-order valence-electron chi connectivity index (χ2n) is 7.00. The van der Waals surface area contributed by atoms with Crippen LogP contribution in [0.2, 0.25) is 0 Å². The molecule has 1 unspecified atom stereocenters.